The standard InChI is InChI=1S/C23H24N6O4/c30-23(16-7-8-19(20(15-16)29(31)32)27-11-13-33-14-12-27)26-21-22(28-9-3-4-10-28)25-18-6-2-1-5-17(18)24-21/h1-2,5-8,15H,3-4,9-14H2,(H,24,26,30). The molecule has 2 aliphatic heterocycles. The maximum absolute atomic E-state index is 13.1. The predicted molar refractivity (Wildman–Crippen MR) is 125 cm³/mol. The van der Waals surface area contributed by atoms with Crippen LogP contribution in [0.1, 0.15) is 23.2 Å². The molecule has 2 aliphatic rings. The molecule has 33 heavy (non-hydrogen) atoms. The van der Waals surface area contributed by atoms with E-state index >= 15 is 0 Å². The number of aromatic nitrogens is 2. The number of nitrogens with zero attached hydrogens (tertiary/aromatic N) is 5. The summed E-state index contributed by atoms with van der Waals surface area (Å²) < 4.78 is 5.34. The average Bonchev–Trinajstić information content (AvgIpc) is 3.38. The van der Waals surface area contributed by atoms with Gasteiger partial charge in [-0.1, -0.05) is 12.1 Å². The van der Waals surface area contributed by atoms with Gasteiger partial charge in [-0.05, 0) is 37.1 Å². The van der Waals surface area contributed by atoms with Crippen LogP contribution in [0.5, 0.6) is 0 Å². The molecular weight excluding hydrogens is 424 g/mol. The fourth-order valence-corrected chi connectivity index (χ4v) is 4.29. The first-order chi connectivity index (χ1) is 16.1. The Kier molecular flexibility index (Phi) is 5.74. The number of hydrogen-bond donors (Lipinski definition) is 1. The zero-order chi connectivity index (χ0) is 22.8. The molecule has 0 radical (unpaired) electrons. The SMILES string of the molecule is O=C(Nc1nc2ccccc2nc1N1CCCC1)c1ccc(N2CCOCC2)c([N+](=O)[O-])c1. The highest BCUT2D eigenvalue weighted by atomic mass is 16.6. The summed E-state index contributed by atoms with van der Waals surface area (Å²) in [4.78, 5) is 37.8. The lowest BCUT2D eigenvalue weighted by molar-refractivity contribution is -0.384. The predicted octanol–water partition coefficient (Wildman–Crippen LogP) is 3.23. The quantitative estimate of drug-likeness (QED) is 0.467. The number of nitro groups is 1. The van der Waals surface area contributed by atoms with Crippen molar-refractivity contribution >= 4 is 40.0 Å². The third-order valence-electron chi connectivity index (χ3n) is 5.98. The summed E-state index contributed by atoms with van der Waals surface area (Å²) in [6.07, 6.45) is 2.11. The van der Waals surface area contributed by atoms with Gasteiger partial charge in [-0.2, -0.15) is 0 Å². The number of hydrogen-bond acceptors (Lipinski definition) is 8. The fourth-order valence-electron chi connectivity index (χ4n) is 4.29. The Bertz CT molecular complexity index is 1200. The highest BCUT2D eigenvalue weighted by Crippen LogP contribution is 2.31. The number of para-hydroxylation sites is 2. The largest absolute Gasteiger partial charge is 0.378 e. The molecular formula is C23H24N6O4. The van der Waals surface area contributed by atoms with Gasteiger partial charge in [-0.15, -0.1) is 0 Å². The van der Waals surface area contributed by atoms with E-state index in [4.69, 9.17) is 9.72 Å². The van der Waals surface area contributed by atoms with Crippen LogP contribution in [0.25, 0.3) is 11.0 Å². The highest BCUT2D eigenvalue weighted by Gasteiger charge is 2.25. The normalized spacial score (nSPS) is 16.2. The van der Waals surface area contributed by atoms with Gasteiger partial charge in [0.15, 0.2) is 11.6 Å². The van der Waals surface area contributed by atoms with E-state index in [1.165, 1.54) is 6.07 Å². The number of carbonyl (C=O) groups is 1. The van der Waals surface area contributed by atoms with Gasteiger partial charge in [0.05, 0.1) is 29.2 Å². The van der Waals surface area contributed by atoms with E-state index in [1.54, 1.807) is 12.1 Å². The van der Waals surface area contributed by atoms with Gasteiger partial charge in [-0.25, -0.2) is 9.97 Å². The van der Waals surface area contributed by atoms with E-state index in [0.717, 1.165) is 31.4 Å². The third kappa shape index (κ3) is 4.29. The molecule has 5 rings (SSSR count). The first-order valence-corrected chi connectivity index (χ1v) is 11.0. The second kappa shape index (κ2) is 8.99. The molecule has 3 heterocycles. The monoisotopic (exact) mass is 448 g/mol. The van der Waals surface area contributed by atoms with Crippen molar-refractivity contribution in [3.8, 4) is 0 Å². The molecule has 170 valence electrons. The number of fused-ring (bicyclic) bond motifs is 1. The van der Waals surface area contributed by atoms with E-state index in [1.807, 2.05) is 29.2 Å². The van der Waals surface area contributed by atoms with Crippen LogP contribution in [0, 0.1) is 10.1 Å². The molecule has 0 aliphatic carbocycles. The van der Waals surface area contributed by atoms with Crippen LogP contribution < -0.4 is 15.1 Å². The lowest BCUT2D eigenvalue weighted by Gasteiger charge is -2.28. The Labute approximate surface area is 190 Å². The molecule has 2 fully saturated rings. The summed E-state index contributed by atoms with van der Waals surface area (Å²) in [5.74, 6) is 0.524. The van der Waals surface area contributed by atoms with E-state index in [2.05, 4.69) is 15.2 Å². The van der Waals surface area contributed by atoms with Crippen molar-refractivity contribution in [2.24, 2.45) is 0 Å². The molecule has 0 unspecified atom stereocenters. The first kappa shape index (κ1) is 21.1. The Balaban J connectivity index is 1.47. The number of carbonyl (C=O) groups excluding carboxylic acids is 1. The summed E-state index contributed by atoms with van der Waals surface area (Å²) in [7, 11) is 0. The number of ether oxygens (including phenoxy) is 1. The Morgan fingerprint density at radius 1 is 0.970 bits per heavy atom. The molecule has 10 nitrogen and oxygen atoms in total. The minimum atomic E-state index is -0.461. The molecule has 0 atom stereocenters. The number of rotatable bonds is 5. The van der Waals surface area contributed by atoms with Gasteiger partial charge in [0, 0.05) is 37.8 Å². The van der Waals surface area contributed by atoms with Crippen LogP contribution in [-0.4, -0.2) is 60.2 Å². The number of amides is 1. The minimum Gasteiger partial charge on any atom is -0.378 e. The summed E-state index contributed by atoms with van der Waals surface area (Å²) in [6.45, 7) is 3.85. The van der Waals surface area contributed by atoms with Crippen molar-refractivity contribution < 1.29 is 14.5 Å². The number of benzene rings is 2. The van der Waals surface area contributed by atoms with Crippen LogP contribution in [0.15, 0.2) is 42.5 Å². The van der Waals surface area contributed by atoms with Gasteiger partial charge in [0.1, 0.15) is 5.69 Å². The second-order valence-electron chi connectivity index (χ2n) is 8.09. The van der Waals surface area contributed by atoms with E-state index in [-0.39, 0.29) is 11.3 Å². The molecule has 0 spiro atoms. The van der Waals surface area contributed by atoms with Crippen LogP contribution in [0.2, 0.25) is 0 Å². The molecule has 2 saturated heterocycles. The molecule has 0 saturated carbocycles. The van der Waals surface area contributed by atoms with Gasteiger partial charge < -0.3 is 19.9 Å². The maximum atomic E-state index is 13.1. The number of nitrogens with one attached hydrogen (secondary N) is 1. The van der Waals surface area contributed by atoms with Crippen molar-refractivity contribution in [3.63, 3.8) is 0 Å². The minimum absolute atomic E-state index is 0.103. The average molecular weight is 448 g/mol. The third-order valence-corrected chi connectivity index (χ3v) is 5.98. The maximum Gasteiger partial charge on any atom is 0.293 e. The second-order valence-corrected chi connectivity index (χ2v) is 8.09. The molecule has 10 heteroatoms. The Morgan fingerprint density at radius 2 is 1.67 bits per heavy atom. The highest BCUT2D eigenvalue weighted by molar-refractivity contribution is 6.06. The summed E-state index contributed by atoms with van der Waals surface area (Å²) >= 11 is 0. The van der Waals surface area contributed by atoms with E-state index in [9.17, 15) is 14.9 Å². The van der Waals surface area contributed by atoms with Crippen molar-refractivity contribution in [1.29, 1.82) is 0 Å². The Hall–Kier alpha value is -3.79. The van der Waals surface area contributed by atoms with E-state index < -0.39 is 10.8 Å². The molecule has 0 bridgehead atoms. The number of nitro benzene ring substituents is 1. The van der Waals surface area contributed by atoms with Crippen LogP contribution in [-0.2, 0) is 4.74 Å². The smallest absolute Gasteiger partial charge is 0.293 e. The zero-order valence-corrected chi connectivity index (χ0v) is 18.1. The molecule has 1 N–H and O–H groups in total. The fraction of sp³-hybridized carbons (Fsp3) is 0.348. The van der Waals surface area contributed by atoms with Crippen LogP contribution in [0.3, 0.4) is 0 Å². The lowest BCUT2D eigenvalue weighted by Crippen LogP contribution is -2.36. The van der Waals surface area contributed by atoms with Crippen LogP contribution >= 0.6 is 0 Å². The van der Waals surface area contributed by atoms with Crippen molar-refractivity contribution in [2.75, 3.05) is 54.5 Å². The summed E-state index contributed by atoms with van der Waals surface area (Å²) in [5.41, 5.74) is 2.00. The van der Waals surface area contributed by atoms with Crippen molar-refractivity contribution in [2.45, 2.75) is 12.8 Å². The topological polar surface area (TPSA) is 114 Å². The lowest BCUT2D eigenvalue weighted by atomic mass is 10.1. The molecule has 2 aromatic carbocycles. The van der Waals surface area contributed by atoms with Gasteiger partial charge in [-0.3, -0.25) is 14.9 Å². The summed E-state index contributed by atoms with van der Waals surface area (Å²) in [5, 5.41) is 14.6. The first-order valence-electron chi connectivity index (χ1n) is 11.0. The van der Waals surface area contributed by atoms with Crippen molar-refractivity contribution in [3.05, 3.63) is 58.1 Å². The van der Waals surface area contributed by atoms with E-state index in [0.29, 0.717) is 49.1 Å². The number of morpholine rings is 1. The van der Waals surface area contributed by atoms with Gasteiger partial charge >= 0.3 is 0 Å². The molecule has 3 aromatic rings. The Morgan fingerprint density at radius 3 is 2.36 bits per heavy atom. The summed E-state index contributed by atoms with van der Waals surface area (Å²) in [6, 6.07) is 12.1. The zero-order valence-electron chi connectivity index (χ0n) is 18.1. The van der Waals surface area contributed by atoms with Gasteiger partial charge in [0.2, 0.25) is 0 Å². The van der Waals surface area contributed by atoms with Crippen LogP contribution in [0.4, 0.5) is 23.0 Å². The molecule has 1 amide bonds. The van der Waals surface area contributed by atoms with Crippen molar-refractivity contribution in [1.82, 2.24) is 9.97 Å². The molecule has 1 aromatic heterocycles. The number of anilines is 3. The van der Waals surface area contributed by atoms with Gasteiger partial charge in [0.25, 0.3) is 11.6 Å².